The number of nitrogens with zero attached hydrogens (tertiary/aromatic N) is 2. The van der Waals surface area contributed by atoms with Crippen LogP contribution in [0.5, 0.6) is 0 Å². The summed E-state index contributed by atoms with van der Waals surface area (Å²) in [4.78, 5) is 12.5. The molecule has 142 valence electrons. The van der Waals surface area contributed by atoms with Crippen LogP contribution in [0.15, 0.2) is 53.6 Å². The average Bonchev–Trinajstić information content (AvgIpc) is 3.07. The summed E-state index contributed by atoms with van der Waals surface area (Å²) in [5.74, 6) is -0.209. The molecule has 27 heavy (non-hydrogen) atoms. The second-order valence-electron chi connectivity index (χ2n) is 6.24. The lowest BCUT2D eigenvalue weighted by Gasteiger charge is -2.22. The van der Waals surface area contributed by atoms with Gasteiger partial charge in [-0.15, -0.1) is 0 Å². The molecule has 2 aromatic rings. The van der Waals surface area contributed by atoms with E-state index < -0.39 is 11.0 Å². The van der Waals surface area contributed by atoms with Gasteiger partial charge < -0.3 is 15.2 Å². The lowest BCUT2D eigenvalue weighted by atomic mass is 9.98. The molecule has 7 nitrogen and oxygen atoms in total. The average molecular weight is 386 g/mol. The molecule has 0 spiro atoms. The molecule has 0 fully saturated rings. The van der Waals surface area contributed by atoms with Crippen molar-refractivity contribution < 1.29 is 13.7 Å². The zero-order valence-corrected chi connectivity index (χ0v) is 16.0. The maximum Gasteiger partial charge on any atom is 0.269 e. The number of anilines is 2. The first-order valence-corrected chi connectivity index (χ1v) is 9.98. The summed E-state index contributed by atoms with van der Waals surface area (Å²) in [5, 5.41) is 6.03. The molecular weight excluding hydrogens is 364 g/mol. The number of nitrogens with two attached hydrogens (primary N) is 1. The number of hydrogen-bond donors (Lipinski definition) is 2. The van der Waals surface area contributed by atoms with E-state index in [9.17, 15) is 9.00 Å². The fraction of sp³-hybridized carbons (Fsp3) is 0.263. The van der Waals surface area contributed by atoms with Gasteiger partial charge in [0.2, 0.25) is 0 Å². The van der Waals surface area contributed by atoms with E-state index in [2.05, 4.69) is 9.82 Å². The summed E-state index contributed by atoms with van der Waals surface area (Å²) in [5.41, 5.74) is 9.95. The third kappa shape index (κ3) is 4.53. The summed E-state index contributed by atoms with van der Waals surface area (Å²) in [6.07, 6.45) is 2.15. The van der Waals surface area contributed by atoms with E-state index in [-0.39, 0.29) is 18.6 Å². The summed E-state index contributed by atoms with van der Waals surface area (Å²) < 4.78 is 19.1. The summed E-state index contributed by atoms with van der Waals surface area (Å²) >= 11 is 0. The Morgan fingerprint density at radius 2 is 2.07 bits per heavy atom. The number of ether oxygens (including phenoxy) is 1. The number of hydrazone groups is 1. The molecule has 2 unspecified atom stereocenters. The number of benzene rings is 2. The molecule has 0 bridgehead atoms. The lowest BCUT2D eigenvalue weighted by molar-refractivity contribution is -0.137. The highest BCUT2D eigenvalue weighted by molar-refractivity contribution is 7.85. The molecule has 0 aliphatic carbocycles. The van der Waals surface area contributed by atoms with Gasteiger partial charge in [-0.05, 0) is 35.4 Å². The number of carbonyl (C=O) groups excluding carboxylic acids is 1. The van der Waals surface area contributed by atoms with E-state index in [0.717, 1.165) is 22.5 Å². The molecule has 1 aliphatic rings. The largest absolute Gasteiger partial charge is 0.399 e. The zero-order valence-electron chi connectivity index (χ0n) is 15.2. The SMILES string of the molecule is COCC(=O)N1N=C(c2ccc(NS(C)=O)cc2)CC1c1cccc(N)c1. The van der Waals surface area contributed by atoms with Gasteiger partial charge in [0.1, 0.15) is 17.6 Å². The van der Waals surface area contributed by atoms with Gasteiger partial charge in [0.05, 0.1) is 11.8 Å². The Hall–Kier alpha value is -2.71. The predicted molar refractivity (Wildman–Crippen MR) is 108 cm³/mol. The monoisotopic (exact) mass is 386 g/mol. The molecule has 1 amide bonds. The van der Waals surface area contributed by atoms with Crippen molar-refractivity contribution in [3.8, 4) is 0 Å². The molecule has 0 saturated heterocycles. The third-order valence-corrected chi connectivity index (χ3v) is 4.73. The Morgan fingerprint density at radius 1 is 1.33 bits per heavy atom. The van der Waals surface area contributed by atoms with Crippen LogP contribution in [0, 0.1) is 0 Å². The van der Waals surface area contributed by atoms with Gasteiger partial charge in [0.15, 0.2) is 0 Å². The number of amides is 1. The lowest BCUT2D eigenvalue weighted by Crippen LogP contribution is -2.30. The quantitative estimate of drug-likeness (QED) is 0.745. The molecule has 2 atom stereocenters. The van der Waals surface area contributed by atoms with Gasteiger partial charge >= 0.3 is 0 Å². The van der Waals surface area contributed by atoms with E-state index in [1.165, 1.54) is 12.1 Å². The number of nitrogen functional groups attached to an aromatic ring is 1. The molecule has 1 aliphatic heterocycles. The molecule has 3 N–H and O–H groups in total. The third-order valence-electron chi connectivity index (χ3n) is 4.21. The van der Waals surface area contributed by atoms with Gasteiger partial charge in [-0.25, -0.2) is 9.22 Å². The van der Waals surface area contributed by atoms with Crippen molar-refractivity contribution in [1.29, 1.82) is 0 Å². The van der Waals surface area contributed by atoms with Crippen LogP contribution in [0.1, 0.15) is 23.6 Å². The fourth-order valence-corrected chi connectivity index (χ4v) is 3.49. The fourth-order valence-electron chi connectivity index (χ4n) is 3.03. The molecule has 3 rings (SSSR count). The van der Waals surface area contributed by atoms with Crippen LogP contribution >= 0.6 is 0 Å². The van der Waals surface area contributed by atoms with E-state index in [4.69, 9.17) is 10.5 Å². The minimum Gasteiger partial charge on any atom is -0.399 e. The summed E-state index contributed by atoms with van der Waals surface area (Å²) in [6, 6.07) is 14.7. The maximum absolute atomic E-state index is 12.5. The van der Waals surface area contributed by atoms with Gasteiger partial charge in [0, 0.05) is 31.2 Å². The number of rotatable bonds is 6. The van der Waals surface area contributed by atoms with Gasteiger partial charge in [0.25, 0.3) is 5.91 Å². The second-order valence-corrected chi connectivity index (χ2v) is 7.35. The van der Waals surface area contributed by atoms with Crippen molar-refractivity contribution in [2.24, 2.45) is 5.10 Å². The van der Waals surface area contributed by atoms with Gasteiger partial charge in [-0.1, -0.05) is 24.3 Å². The van der Waals surface area contributed by atoms with Crippen molar-refractivity contribution in [2.75, 3.05) is 30.4 Å². The van der Waals surface area contributed by atoms with E-state index in [1.54, 1.807) is 6.26 Å². The summed E-state index contributed by atoms with van der Waals surface area (Å²) in [7, 11) is 0.352. The molecule has 0 radical (unpaired) electrons. The standard InChI is InChI=1S/C19H22N4O3S/c1-26-12-19(24)23-18(14-4-3-5-15(20)10-14)11-17(21-23)13-6-8-16(9-7-13)22-27(2)25/h3-10,18,22H,11-12,20H2,1-2H3. The van der Waals surface area contributed by atoms with Crippen LogP contribution < -0.4 is 10.5 Å². The minimum atomic E-state index is -1.13. The van der Waals surface area contributed by atoms with E-state index in [1.807, 2.05) is 48.5 Å². The highest BCUT2D eigenvalue weighted by Crippen LogP contribution is 2.33. The van der Waals surface area contributed by atoms with Crippen LogP contribution in [0.25, 0.3) is 0 Å². The van der Waals surface area contributed by atoms with Crippen molar-refractivity contribution in [3.63, 3.8) is 0 Å². The first-order chi connectivity index (χ1) is 13.0. The first kappa shape index (κ1) is 19.1. The Balaban J connectivity index is 1.88. The van der Waals surface area contributed by atoms with E-state index >= 15 is 0 Å². The van der Waals surface area contributed by atoms with Gasteiger partial charge in [-0.3, -0.25) is 4.79 Å². The molecule has 8 heteroatoms. The number of carbonyl (C=O) groups is 1. The van der Waals surface area contributed by atoms with E-state index in [0.29, 0.717) is 12.1 Å². The predicted octanol–water partition coefficient (Wildman–Crippen LogP) is 2.30. The Labute approximate surface area is 160 Å². The summed E-state index contributed by atoms with van der Waals surface area (Å²) in [6.45, 7) is -0.0409. The first-order valence-electron chi connectivity index (χ1n) is 8.42. The van der Waals surface area contributed by atoms with Crippen molar-refractivity contribution >= 4 is 34.0 Å². The Bertz CT molecular complexity index is 883. The van der Waals surface area contributed by atoms with Crippen molar-refractivity contribution in [1.82, 2.24) is 5.01 Å². The van der Waals surface area contributed by atoms with Crippen LogP contribution in [-0.2, 0) is 20.5 Å². The molecule has 1 heterocycles. The number of nitrogens with one attached hydrogen (secondary N) is 1. The van der Waals surface area contributed by atoms with Crippen LogP contribution in [0.2, 0.25) is 0 Å². The smallest absolute Gasteiger partial charge is 0.269 e. The Kier molecular flexibility index (Phi) is 5.88. The Morgan fingerprint density at radius 3 is 2.70 bits per heavy atom. The highest BCUT2D eigenvalue weighted by Gasteiger charge is 2.33. The van der Waals surface area contributed by atoms with Crippen molar-refractivity contribution in [3.05, 3.63) is 59.7 Å². The highest BCUT2D eigenvalue weighted by atomic mass is 32.2. The van der Waals surface area contributed by atoms with Crippen LogP contribution in [-0.4, -0.2) is 40.8 Å². The zero-order chi connectivity index (χ0) is 19.4. The van der Waals surface area contributed by atoms with Gasteiger partial charge in [-0.2, -0.15) is 5.10 Å². The molecule has 0 aromatic heterocycles. The molecular formula is C19H22N4O3S. The topological polar surface area (TPSA) is 97.0 Å². The minimum absolute atomic E-state index is 0.0409. The van der Waals surface area contributed by atoms with Crippen LogP contribution in [0.4, 0.5) is 11.4 Å². The van der Waals surface area contributed by atoms with Crippen molar-refractivity contribution in [2.45, 2.75) is 12.5 Å². The number of hydrogen-bond acceptors (Lipinski definition) is 5. The maximum atomic E-state index is 12.5. The normalized spacial score (nSPS) is 17.5. The number of methoxy groups -OCH3 is 1. The molecule has 0 saturated carbocycles. The van der Waals surface area contributed by atoms with Crippen LogP contribution in [0.3, 0.4) is 0 Å². The second kappa shape index (κ2) is 8.32. The molecule has 2 aromatic carbocycles.